The Labute approximate surface area is 208 Å². The van der Waals surface area contributed by atoms with Crippen LogP contribution in [-0.4, -0.2) is 29.4 Å². The van der Waals surface area contributed by atoms with Crippen LogP contribution in [0.2, 0.25) is 0 Å². The SMILES string of the molecule is CCC(C(=O)Cc1c(C)cccc1C)[N+]1(Cc2ccccc2)CCCCCCC1.[Y]. The first kappa shape index (κ1) is 25.4. The average Bonchev–Trinajstić information content (AvgIpc) is 2.69. The molecule has 0 spiro atoms. The van der Waals surface area contributed by atoms with E-state index < -0.39 is 0 Å². The van der Waals surface area contributed by atoms with Gasteiger partial charge in [-0.05, 0) is 56.2 Å². The standard InChI is InChI=1S/C27H38NO.Y/c1-4-26(27(29)20-25-22(2)14-13-15-23(25)3)28(18-11-6-5-7-12-19-28)21-24-16-9-8-10-17-24;/h8-10,13-17,26H,4-7,11-12,18-21H2,1-3H3;/q+1;. The van der Waals surface area contributed by atoms with Gasteiger partial charge in [0.25, 0.3) is 0 Å². The van der Waals surface area contributed by atoms with Gasteiger partial charge in [0.1, 0.15) is 12.6 Å². The molecule has 2 nitrogen and oxygen atoms in total. The predicted molar refractivity (Wildman–Crippen MR) is 122 cm³/mol. The fourth-order valence-electron chi connectivity index (χ4n) is 5.36. The number of ketones is 1. The molecule has 159 valence electrons. The molecule has 2 aromatic carbocycles. The maximum atomic E-state index is 13.7. The summed E-state index contributed by atoms with van der Waals surface area (Å²) in [5.74, 6) is 0.432. The largest absolute Gasteiger partial charge is 0.311 e. The van der Waals surface area contributed by atoms with E-state index in [0.717, 1.165) is 30.5 Å². The van der Waals surface area contributed by atoms with Crippen molar-refractivity contribution in [2.75, 3.05) is 13.1 Å². The van der Waals surface area contributed by atoms with Crippen LogP contribution in [0.4, 0.5) is 0 Å². The fraction of sp³-hybridized carbons (Fsp3) is 0.519. The Balaban J connectivity index is 0.00000320. The molecule has 1 saturated heterocycles. The molecule has 0 saturated carbocycles. The molecule has 1 fully saturated rings. The number of carbonyl (C=O) groups is 1. The van der Waals surface area contributed by atoms with E-state index in [-0.39, 0.29) is 38.8 Å². The van der Waals surface area contributed by atoms with Gasteiger partial charge in [0.2, 0.25) is 0 Å². The van der Waals surface area contributed by atoms with E-state index in [9.17, 15) is 4.79 Å². The number of rotatable bonds is 7. The van der Waals surface area contributed by atoms with Crippen molar-refractivity contribution in [2.24, 2.45) is 0 Å². The summed E-state index contributed by atoms with van der Waals surface area (Å²) in [6, 6.07) is 17.3. The molecule has 0 N–H and O–H groups in total. The van der Waals surface area contributed by atoms with Crippen LogP contribution in [-0.2, 0) is 50.5 Å². The summed E-state index contributed by atoms with van der Waals surface area (Å²) < 4.78 is 0.949. The number of hydrogen-bond acceptors (Lipinski definition) is 1. The summed E-state index contributed by atoms with van der Waals surface area (Å²) in [5, 5.41) is 0. The number of carbonyl (C=O) groups excluding carboxylic acids is 1. The Morgan fingerprint density at radius 1 is 0.867 bits per heavy atom. The van der Waals surface area contributed by atoms with Crippen molar-refractivity contribution >= 4 is 5.78 Å². The average molecular weight is 482 g/mol. The fourth-order valence-corrected chi connectivity index (χ4v) is 5.36. The van der Waals surface area contributed by atoms with Crippen LogP contribution < -0.4 is 0 Å². The summed E-state index contributed by atoms with van der Waals surface area (Å²) in [5.41, 5.74) is 5.10. The summed E-state index contributed by atoms with van der Waals surface area (Å²) in [6.45, 7) is 9.74. The van der Waals surface area contributed by atoms with Crippen LogP contribution in [0.1, 0.15) is 67.7 Å². The molecular formula is C27H38NOY+. The number of likely N-dealkylation sites (tertiary alicyclic amines) is 1. The summed E-state index contributed by atoms with van der Waals surface area (Å²) in [7, 11) is 0. The Morgan fingerprint density at radius 3 is 2.00 bits per heavy atom. The Hall–Kier alpha value is -0.826. The van der Waals surface area contributed by atoms with Gasteiger partial charge in [-0.25, -0.2) is 0 Å². The quantitative estimate of drug-likeness (QED) is 0.432. The molecule has 1 heterocycles. The third kappa shape index (κ3) is 6.34. The van der Waals surface area contributed by atoms with E-state index in [1.807, 2.05) is 0 Å². The molecule has 3 rings (SSSR count). The van der Waals surface area contributed by atoms with Gasteiger partial charge in [0, 0.05) is 51.1 Å². The van der Waals surface area contributed by atoms with Crippen LogP contribution in [0, 0.1) is 13.8 Å². The van der Waals surface area contributed by atoms with Crippen LogP contribution in [0.25, 0.3) is 0 Å². The molecule has 0 bridgehead atoms. The second-order valence-corrected chi connectivity index (χ2v) is 9.01. The molecule has 0 amide bonds. The topological polar surface area (TPSA) is 17.1 Å². The number of hydrogen-bond donors (Lipinski definition) is 0. The molecule has 1 aliphatic rings. The molecule has 1 unspecified atom stereocenters. The van der Waals surface area contributed by atoms with E-state index in [0.29, 0.717) is 12.2 Å². The van der Waals surface area contributed by atoms with Crippen molar-refractivity contribution in [1.82, 2.24) is 0 Å². The zero-order valence-electron chi connectivity index (χ0n) is 19.2. The number of benzene rings is 2. The maximum absolute atomic E-state index is 13.7. The normalized spacial score (nSPS) is 17.3. The number of nitrogens with zero attached hydrogens (tertiary/aromatic N) is 1. The van der Waals surface area contributed by atoms with Crippen molar-refractivity contribution in [2.45, 2.75) is 78.3 Å². The zero-order valence-corrected chi connectivity index (χ0v) is 22.0. The van der Waals surface area contributed by atoms with Gasteiger partial charge >= 0.3 is 0 Å². The van der Waals surface area contributed by atoms with Crippen molar-refractivity contribution in [3.8, 4) is 0 Å². The van der Waals surface area contributed by atoms with Gasteiger partial charge in [-0.15, -0.1) is 0 Å². The summed E-state index contributed by atoms with van der Waals surface area (Å²) >= 11 is 0. The van der Waals surface area contributed by atoms with E-state index in [4.69, 9.17) is 0 Å². The number of quaternary nitrogens is 1. The maximum Gasteiger partial charge on any atom is 0.194 e. The Morgan fingerprint density at radius 2 is 1.43 bits per heavy atom. The molecule has 1 aliphatic heterocycles. The Kier molecular flexibility index (Phi) is 10.4. The van der Waals surface area contributed by atoms with Crippen molar-refractivity contribution < 1.29 is 42.0 Å². The van der Waals surface area contributed by atoms with Crippen LogP contribution >= 0.6 is 0 Å². The Bertz CT molecular complexity index is 774. The van der Waals surface area contributed by atoms with Gasteiger partial charge in [0.05, 0.1) is 13.1 Å². The first-order valence-corrected chi connectivity index (χ1v) is 11.5. The molecular weight excluding hydrogens is 443 g/mol. The molecule has 1 atom stereocenters. The van der Waals surface area contributed by atoms with Crippen LogP contribution in [0.5, 0.6) is 0 Å². The molecule has 30 heavy (non-hydrogen) atoms. The molecule has 0 aliphatic carbocycles. The van der Waals surface area contributed by atoms with Gasteiger partial charge < -0.3 is 4.48 Å². The van der Waals surface area contributed by atoms with E-state index in [2.05, 4.69) is 69.3 Å². The van der Waals surface area contributed by atoms with Gasteiger partial charge in [-0.1, -0.05) is 61.9 Å². The number of Topliss-reactive ketones (excluding diaryl/α,β-unsaturated/α-hetero) is 1. The minimum absolute atomic E-state index is 0. The minimum atomic E-state index is 0. The van der Waals surface area contributed by atoms with E-state index >= 15 is 0 Å². The summed E-state index contributed by atoms with van der Waals surface area (Å²) in [4.78, 5) is 13.7. The van der Waals surface area contributed by atoms with Crippen LogP contribution in [0.3, 0.4) is 0 Å². The van der Waals surface area contributed by atoms with E-state index in [1.54, 1.807) is 0 Å². The molecule has 0 aromatic heterocycles. The zero-order chi connectivity index (χ0) is 20.7. The third-order valence-corrected chi connectivity index (χ3v) is 6.96. The third-order valence-electron chi connectivity index (χ3n) is 6.96. The van der Waals surface area contributed by atoms with Gasteiger partial charge in [-0.2, -0.15) is 0 Å². The van der Waals surface area contributed by atoms with Crippen molar-refractivity contribution in [3.63, 3.8) is 0 Å². The minimum Gasteiger partial charge on any atom is -0.311 e. The second kappa shape index (κ2) is 12.3. The van der Waals surface area contributed by atoms with Crippen molar-refractivity contribution in [3.05, 3.63) is 70.8 Å². The van der Waals surface area contributed by atoms with Crippen molar-refractivity contribution in [1.29, 1.82) is 0 Å². The van der Waals surface area contributed by atoms with Gasteiger partial charge in [-0.3, -0.25) is 4.79 Å². The first-order valence-electron chi connectivity index (χ1n) is 11.5. The smallest absolute Gasteiger partial charge is 0.194 e. The number of aryl methyl sites for hydroxylation is 2. The first-order chi connectivity index (χ1) is 14.1. The molecule has 2 aromatic rings. The van der Waals surface area contributed by atoms with E-state index in [1.165, 1.54) is 54.4 Å². The molecule has 3 heteroatoms. The van der Waals surface area contributed by atoms with Gasteiger partial charge in [0.15, 0.2) is 5.78 Å². The second-order valence-electron chi connectivity index (χ2n) is 9.01. The molecule has 1 radical (unpaired) electrons. The van der Waals surface area contributed by atoms with Crippen LogP contribution in [0.15, 0.2) is 48.5 Å². The predicted octanol–water partition coefficient (Wildman–Crippen LogP) is 6.17. The summed E-state index contributed by atoms with van der Waals surface area (Å²) in [6.07, 6.45) is 7.92. The monoisotopic (exact) mass is 481 g/mol.